The molecule has 0 aromatic rings. The number of likely N-dealkylation sites (tertiary alicyclic amines) is 1. The molecular weight excluding hydrogens is 216 g/mol. The Hall–Kier alpha value is -0.610. The lowest BCUT2D eigenvalue weighted by Gasteiger charge is -2.21. The van der Waals surface area contributed by atoms with Crippen LogP contribution in [0, 0.1) is 5.92 Å². The van der Waals surface area contributed by atoms with Gasteiger partial charge in [0.05, 0.1) is 6.54 Å². The number of hydrogen-bond donors (Lipinski definition) is 1. The number of rotatable bonds is 6. The number of carbonyl (C=O) groups is 1. The Bertz CT molecular complexity index is 213. The van der Waals surface area contributed by atoms with E-state index in [0.29, 0.717) is 12.5 Å². The first-order valence-corrected chi connectivity index (χ1v) is 6.71. The fourth-order valence-corrected chi connectivity index (χ4v) is 2.20. The Morgan fingerprint density at radius 2 is 1.94 bits per heavy atom. The third-order valence-electron chi connectivity index (χ3n) is 3.18. The third kappa shape index (κ3) is 6.03. The lowest BCUT2D eigenvalue weighted by atomic mass is 10.2. The minimum Gasteiger partial charge on any atom is -0.384 e. The van der Waals surface area contributed by atoms with Crippen LogP contribution in [0.25, 0.3) is 0 Å². The second-order valence-corrected chi connectivity index (χ2v) is 4.99. The average Bonchev–Trinajstić information content (AvgIpc) is 2.57. The van der Waals surface area contributed by atoms with Crippen LogP contribution >= 0.6 is 0 Å². The van der Waals surface area contributed by atoms with Gasteiger partial charge in [0, 0.05) is 33.4 Å². The standard InChI is InChI=1S/C13H26N2O2/c1-12(11-17-2)9-14-10-13(16)15-7-5-3-4-6-8-15/h12,14H,3-11H2,1-2H3. The number of methoxy groups -OCH3 is 1. The number of hydrogen-bond acceptors (Lipinski definition) is 3. The number of amides is 1. The Labute approximate surface area is 105 Å². The SMILES string of the molecule is COCC(C)CNCC(=O)N1CCCCCC1. The van der Waals surface area contributed by atoms with Gasteiger partial charge < -0.3 is 15.0 Å². The van der Waals surface area contributed by atoms with E-state index in [1.807, 2.05) is 4.90 Å². The first kappa shape index (κ1) is 14.5. The summed E-state index contributed by atoms with van der Waals surface area (Å²) in [6, 6.07) is 0. The highest BCUT2D eigenvalue weighted by molar-refractivity contribution is 5.78. The highest BCUT2D eigenvalue weighted by atomic mass is 16.5. The molecule has 1 saturated heterocycles. The first-order valence-electron chi connectivity index (χ1n) is 6.71. The fourth-order valence-electron chi connectivity index (χ4n) is 2.20. The van der Waals surface area contributed by atoms with Crippen molar-refractivity contribution in [3.8, 4) is 0 Å². The lowest BCUT2D eigenvalue weighted by Crippen LogP contribution is -2.40. The van der Waals surface area contributed by atoms with Crippen LogP contribution in [0.4, 0.5) is 0 Å². The molecule has 1 fully saturated rings. The minimum atomic E-state index is 0.247. The highest BCUT2D eigenvalue weighted by Gasteiger charge is 2.14. The van der Waals surface area contributed by atoms with Crippen LogP contribution in [0.15, 0.2) is 0 Å². The van der Waals surface area contributed by atoms with Crippen LogP contribution < -0.4 is 5.32 Å². The highest BCUT2D eigenvalue weighted by Crippen LogP contribution is 2.09. The number of carbonyl (C=O) groups excluding carboxylic acids is 1. The van der Waals surface area contributed by atoms with Crippen LogP contribution in [0.2, 0.25) is 0 Å². The predicted molar refractivity (Wildman–Crippen MR) is 69.0 cm³/mol. The van der Waals surface area contributed by atoms with Crippen LogP contribution in [-0.4, -0.2) is 50.7 Å². The molecule has 17 heavy (non-hydrogen) atoms. The Kier molecular flexibility index (Phi) is 7.21. The summed E-state index contributed by atoms with van der Waals surface area (Å²) >= 11 is 0. The monoisotopic (exact) mass is 242 g/mol. The van der Waals surface area contributed by atoms with Gasteiger partial charge in [-0.3, -0.25) is 4.79 Å². The van der Waals surface area contributed by atoms with Crippen molar-refractivity contribution in [2.24, 2.45) is 5.92 Å². The smallest absolute Gasteiger partial charge is 0.236 e. The van der Waals surface area contributed by atoms with E-state index in [1.165, 1.54) is 12.8 Å². The molecule has 0 saturated carbocycles. The van der Waals surface area contributed by atoms with E-state index < -0.39 is 0 Å². The molecule has 1 amide bonds. The minimum absolute atomic E-state index is 0.247. The molecule has 0 aliphatic carbocycles. The van der Waals surface area contributed by atoms with E-state index in [2.05, 4.69) is 12.2 Å². The Balaban J connectivity index is 2.15. The van der Waals surface area contributed by atoms with Crippen molar-refractivity contribution in [2.75, 3.05) is 39.9 Å². The largest absolute Gasteiger partial charge is 0.384 e. The number of nitrogens with zero attached hydrogens (tertiary/aromatic N) is 1. The fraction of sp³-hybridized carbons (Fsp3) is 0.923. The molecule has 1 aliphatic rings. The van der Waals surface area contributed by atoms with E-state index in [9.17, 15) is 4.79 Å². The van der Waals surface area contributed by atoms with Gasteiger partial charge in [-0.05, 0) is 18.8 Å². The summed E-state index contributed by atoms with van der Waals surface area (Å²) in [5.41, 5.74) is 0. The third-order valence-corrected chi connectivity index (χ3v) is 3.18. The maximum atomic E-state index is 11.9. The van der Waals surface area contributed by atoms with Crippen molar-refractivity contribution >= 4 is 5.91 Å². The molecule has 0 aromatic carbocycles. The van der Waals surface area contributed by atoms with Gasteiger partial charge in [-0.1, -0.05) is 19.8 Å². The van der Waals surface area contributed by atoms with Crippen LogP contribution in [0.5, 0.6) is 0 Å². The van der Waals surface area contributed by atoms with Crippen LogP contribution in [0.3, 0.4) is 0 Å². The molecule has 1 rings (SSSR count). The molecule has 1 unspecified atom stereocenters. The van der Waals surface area contributed by atoms with E-state index in [0.717, 1.165) is 39.1 Å². The van der Waals surface area contributed by atoms with Crippen molar-refractivity contribution in [1.82, 2.24) is 10.2 Å². The zero-order chi connectivity index (χ0) is 12.5. The Morgan fingerprint density at radius 3 is 2.53 bits per heavy atom. The maximum Gasteiger partial charge on any atom is 0.236 e. The summed E-state index contributed by atoms with van der Waals surface area (Å²) < 4.78 is 5.06. The van der Waals surface area contributed by atoms with Crippen LogP contribution in [-0.2, 0) is 9.53 Å². The summed E-state index contributed by atoms with van der Waals surface area (Å²) in [4.78, 5) is 13.9. The second kappa shape index (κ2) is 8.48. The summed E-state index contributed by atoms with van der Waals surface area (Å²) in [7, 11) is 1.71. The zero-order valence-corrected chi connectivity index (χ0v) is 11.2. The van der Waals surface area contributed by atoms with Gasteiger partial charge in [0.15, 0.2) is 0 Å². The molecule has 4 heteroatoms. The van der Waals surface area contributed by atoms with Gasteiger partial charge in [-0.2, -0.15) is 0 Å². The van der Waals surface area contributed by atoms with E-state index in [1.54, 1.807) is 7.11 Å². The Morgan fingerprint density at radius 1 is 1.29 bits per heavy atom. The molecule has 0 aromatic heterocycles. The van der Waals surface area contributed by atoms with Crippen LogP contribution in [0.1, 0.15) is 32.6 Å². The molecule has 4 nitrogen and oxygen atoms in total. The molecule has 100 valence electrons. The predicted octanol–water partition coefficient (Wildman–Crippen LogP) is 1.26. The second-order valence-electron chi connectivity index (χ2n) is 4.99. The van der Waals surface area contributed by atoms with E-state index in [4.69, 9.17) is 4.74 Å². The van der Waals surface area contributed by atoms with Gasteiger partial charge >= 0.3 is 0 Å². The number of ether oxygens (including phenoxy) is 1. The van der Waals surface area contributed by atoms with Crippen molar-refractivity contribution in [2.45, 2.75) is 32.6 Å². The molecule has 0 radical (unpaired) electrons. The molecular formula is C13H26N2O2. The van der Waals surface area contributed by atoms with E-state index in [-0.39, 0.29) is 5.91 Å². The van der Waals surface area contributed by atoms with Gasteiger partial charge in [0.1, 0.15) is 0 Å². The topological polar surface area (TPSA) is 41.6 Å². The number of nitrogens with one attached hydrogen (secondary N) is 1. The van der Waals surface area contributed by atoms with Gasteiger partial charge in [0.25, 0.3) is 0 Å². The summed E-state index contributed by atoms with van der Waals surface area (Å²) in [5.74, 6) is 0.702. The summed E-state index contributed by atoms with van der Waals surface area (Å²) in [6.07, 6.45) is 4.85. The van der Waals surface area contributed by atoms with Crippen molar-refractivity contribution < 1.29 is 9.53 Å². The quantitative estimate of drug-likeness (QED) is 0.762. The average molecular weight is 242 g/mol. The summed E-state index contributed by atoms with van der Waals surface area (Å²) in [5, 5.41) is 3.22. The first-order chi connectivity index (χ1) is 8.24. The molecule has 0 spiro atoms. The molecule has 1 atom stereocenters. The van der Waals surface area contributed by atoms with E-state index >= 15 is 0 Å². The normalized spacial score (nSPS) is 18.8. The van der Waals surface area contributed by atoms with Crippen molar-refractivity contribution in [3.05, 3.63) is 0 Å². The maximum absolute atomic E-state index is 11.9. The zero-order valence-electron chi connectivity index (χ0n) is 11.2. The lowest BCUT2D eigenvalue weighted by molar-refractivity contribution is -0.130. The van der Waals surface area contributed by atoms with Gasteiger partial charge in [-0.15, -0.1) is 0 Å². The molecule has 0 bridgehead atoms. The van der Waals surface area contributed by atoms with Gasteiger partial charge in [-0.25, -0.2) is 0 Å². The van der Waals surface area contributed by atoms with Crippen molar-refractivity contribution in [3.63, 3.8) is 0 Å². The summed E-state index contributed by atoms with van der Waals surface area (Å²) in [6.45, 7) is 6.04. The van der Waals surface area contributed by atoms with Crippen molar-refractivity contribution in [1.29, 1.82) is 0 Å². The molecule has 1 aliphatic heterocycles. The van der Waals surface area contributed by atoms with Gasteiger partial charge in [0.2, 0.25) is 5.91 Å². The molecule has 1 heterocycles. The molecule has 1 N–H and O–H groups in total.